The van der Waals surface area contributed by atoms with Crippen LogP contribution in [0.15, 0.2) is 41.0 Å². The molecule has 24 heavy (non-hydrogen) atoms. The van der Waals surface area contributed by atoms with Gasteiger partial charge in [-0.3, -0.25) is 4.68 Å². The fourth-order valence-electron chi connectivity index (χ4n) is 2.97. The zero-order valence-electron chi connectivity index (χ0n) is 13.8. The summed E-state index contributed by atoms with van der Waals surface area (Å²) in [7, 11) is 0. The Bertz CT molecular complexity index is 908. The minimum Gasteiger partial charge on any atom is -0.456 e. The Hall–Kier alpha value is -1.85. The van der Waals surface area contributed by atoms with Gasteiger partial charge in [-0.25, -0.2) is 0 Å². The quantitative estimate of drug-likeness (QED) is 0.707. The van der Waals surface area contributed by atoms with Crippen LogP contribution in [0.3, 0.4) is 0 Å². The Labute approximate surface area is 149 Å². The molecule has 1 aliphatic rings. The molecule has 124 valence electrons. The van der Waals surface area contributed by atoms with E-state index in [1.54, 1.807) is 0 Å². The van der Waals surface area contributed by atoms with Crippen LogP contribution < -0.4 is 10.5 Å². The van der Waals surface area contributed by atoms with E-state index < -0.39 is 0 Å². The van der Waals surface area contributed by atoms with Crippen LogP contribution in [-0.2, 0) is 6.54 Å². The SMILES string of the molecule is Cc1cccc(C)c1Oc1cc2cnn(CC3(N)CC3)c2cc1Br. The highest BCUT2D eigenvalue weighted by molar-refractivity contribution is 9.10. The molecule has 0 saturated heterocycles. The van der Waals surface area contributed by atoms with Crippen LogP contribution in [-0.4, -0.2) is 15.3 Å². The van der Waals surface area contributed by atoms with Crippen molar-refractivity contribution in [1.29, 1.82) is 0 Å². The standard InChI is InChI=1S/C19H20BrN3O/c1-12-4-3-5-13(2)18(12)24-17-8-14-10-22-23(11-19(21)6-7-19)16(14)9-15(17)20/h3-5,8-10H,6-7,11,21H2,1-2H3. The van der Waals surface area contributed by atoms with E-state index in [1.165, 1.54) is 0 Å². The summed E-state index contributed by atoms with van der Waals surface area (Å²) in [5, 5.41) is 5.56. The van der Waals surface area contributed by atoms with Crippen LogP contribution in [0.2, 0.25) is 0 Å². The molecule has 2 aromatic carbocycles. The highest BCUT2D eigenvalue weighted by Gasteiger charge is 2.39. The fraction of sp³-hybridized carbons (Fsp3) is 0.316. The Morgan fingerprint density at radius 2 is 1.96 bits per heavy atom. The summed E-state index contributed by atoms with van der Waals surface area (Å²) in [6, 6.07) is 10.3. The average Bonchev–Trinajstić information content (AvgIpc) is 3.15. The van der Waals surface area contributed by atoms with Crippen molar-refractivity contribution in [3.8, 4) is 11.5 Å². The van der Waals surface area contributed by atoms with Gasteiger partial charge in [0, 0.05) is 10.9 Å². The lowest BCUT2D eigenvalue weighted by Gasteiger charge is -2.14. The number of para-hydroxylation sites is 1. The van der Waals surface area contributed by atoms with Crippen LogP contribution in [0, 0.1) is 13.8 Å². The molecule has 0 aliphatic heterocycles. The predicted molar refractivity (Wildman–Crippen MR) is 99.6 cm³/mol. The van der Waals surface area contributed by atoms with Gasteiger partial charge in [0.25, 0.3) is 0 Å². The normalized spacial score (nSPS) is 15.7. The van der Waals surface area contributed by atoms with Gasteiger partial charge >= 0.3 is 0 Å². The Morgan fingerprint density at radius 1 is 1.25 bits per heavy atom. The summed E-state index contributed by atoms with van der Waals surface area (Å²) in [5.74, 6) is 1.71. The molecule has 2 N–H and O–H groups in total. The first-order chi connectivity index (χ1) is 11.5. The first kappa shape index (κ1) is 15.7. The van der Waals surface area contributed by atoms with Gasteiger partial charge in [-0.05, 0) is 65.9 Å². The predicted octanol–water partition coefficient (Wildman–Crippen LogP) is 4.70. The van der Waals surface area contributed by atoms with E-state index in [2.05, 4.69) is 53.1 Å². The van der Waals surface area contributed by atoms with Crippen LogP contribution >= 0.6 is 15.9 Å². The third kappa shape index (κ3) is 2.82. The molecule has 0 radical (unpaired) electrons. The lowest BCUT2D eigenvalue weighted by molar-refractivity contribution is 0.472. The molecule has 1 heterocycles. The number of ether oxygens (including phenoxy) is 1. The van der Waals surface area contributed by atoms with Gasteiger partial charge in [-0.15, -0.1) is 0 Å². The maximum atomic E-state index is 6.23. The van der Waals surface area contributed by atoms with E-state index in [0.29, 0.717) is 0 Å². The minimum absolute atomic E-state index is 0.0706. The number of halogens is 1. The van der Waals surface area contributed by atoms with E-state index in [0.717, 1.165) is 57.4 Å². The largest absolute Gasteiger partial charge is 0.456 e. The van der Waals surface area contributed by atoms with Crippen LogP contribution in [0.5, 0.6) is 11.5 Å². The molecule has 1 fully saturated rings. The number of aryl methyl sites for hydroxylation is 2. The zero-order valence-corrected chi connectivity index (χ0v) is 15.4. The molecule has 0 amide bonds. The van der Waals surface area contributed by atoms with Crippen molar-refractivity contribution in [3.05, 3.63) is 52.1 Å². The summed E-state index contributed by atoms with van der Waals surface area (Å²) in [5.41, 5.74) is 9.48. The number of hydrogen-bond donors (Lipinski definition) is 1. The summed E-state index contributed by atoms with van der Waals surface area (Å²) < 4.78 is 9.11. The summed E-state index contributed by atoms with van der Waals surface area (Å²) in [4.78, 5) is 0. The highest BCUT2D eigenvalue weighted by Crippen LogP contribution is 2.38. The van der Waals surface area contributed by atoms with Gasteiger partial charge < -0.3 is 10.5 Å². The van der Waals surface area contributed by atoms with Crippen LogP contribution in [0.4, 0.5) is 0 Å². The first-order valence-electron chi connectivity index (χ1n) is 8.13. The van der Waals surface area contributed by atoms with E-state index in [9.17, 15) is 0 Å². The monoisotopic (exact) mass is 385 g/mol. The van der Waals surface area contributed by atoms with Gasteiger partial charge in [-0.2, -0.15) is 5.10 Å². The number of nitrogens with zero attached hydrogens (tertiary/aromatic N) is 2. The van der Waals surface area contributed by atoms with Crippen LogP contribution in [0.25, 0.3) is 10.9 Å². The van der Waals surface area contributed by atoms with Crippen molar-refractivity contribution in [2.75, 3.05) is 0 Å². The summed E-state index contributed by atoms with van der Waals surface area (Å²) >= 11 is 3.64. The number of fused-ring (bicyclic) bond motifs is 1. The van der Waals surface area contributed by atoms with Crippen molar-refractivity contribution in [3.63, 3.8) is 0 Å². The maximum absolute atomic E-state index is 6.23. The zero-order chi connectivity index (χ0) is 16.9. The Balaban J connectivity index is 1.71. The Morgan fingerprint density at radius 3 is 2.62 bits per heavy atom. The third-order valence-corrected chi connectivity index (χ3v) is 5.29. The molecular weight excluding hydrogens is 366 g/mol. The number of rotatable bonds is 4. The van der Waals surface area contributed by atoms with Crippen molar-refractivity contribution in [2.45, 2.75) is 38.8 Å². The van der Waals surface area contributed by atoms with Gasteiger partial charge in [-0.1, -0.05) is 18.2 Å². The number of nitrogens with two attached hydrogens (primary N) is 1. The van der Waals surface area contributed by atoms with Crippen molar-refractivity contribution < 1.29 is 4.74 Å². The number of hydrogen-bond acceptors (Lipinski definition) is 3. The lowest BCUT2D eigenvalue weighted by Crippen LogP contribution is -2.28. The maximum Gasteiger partial charge on any atom is 0.142 e. The van der Waals surface area contributed by atoms with E-state index in [4.69, 9.17) is 10.5 Å². The molecule has 0 spiro atoms. The second-order valence-electron chi connectivity index (χ2n) is 6.83. The molecule has 1 saturated carbocycles. The van der Waals surface area contributed by atoms with Gasteiger partial charge in [0.1, 0.15) is 11.5 Å². The molecule has 0 unspecified atom stereocenters. The van der Waals surface area contributed by atoms with Gasteiger partial charge in [0.15, 0.2) is 0 Å². The van der Waals surface area contributed by atoms with Crippen LogP contribution in [0.1, 0.15) is 24.0 Å². The molecule has 5 heteroatoms. The molecule has 3 aromatic rings. The van der Waals surface area contributed by atoms with Gasteiger partial charge in [0.05, 0.1) is 22.7 Å². The molecule has 1 aliphatic carbocycles. The number of aromatic nitrogens is 2. The van der Waals surface area contributed by atoms with E-state index >= 15 is 0 Å². The number of benzene rings is 2. The van der Waals surface area contributed by atoms with Crippen molar-refractivity contribution in [1.82, 2.24) is 9.78 Å². The smallest absolute Gasteiger partial charge is 0.142 e. The molecule has 1 aromatic heterocycles. The first-order valence-corrected chi connectivity index (χ1v) is 8.92. The fourth-order valence-corrected chi connectivity index (χ4v) is 3.38. The second kappa shape index (κ2) is 5.60. The lowest BCUT2D eigenvalue weighted by atomic mass is 10.1. The molecule has 0 bridgehead atoms. The van der Waals surface area contributed by atoms with E-state index in [1.807, 2.05) is 23.0 Å². The molecule has 4 nitrogen and oxygen atoms in total. The minimum atomic E-state index is -0.0706. The molecule has 0 atom stereocenters. The summed E-state index contributed by atoms with van der Waals surface area (Å²) in [6.07, 6.45) is 4.03. The second-order valence-corrected chi connectivity index (χ2v) is 7.68. The van der Waals surface area contributed by atoms with E-state index in [-0.39, 0.29) is 5.54 Å². The molecular formula is C19H20BrN3O. The Kier molecular flexibility index (Phi) is 3.66. The third-order valence-electron chi connectivity index (χ3n) is 4.67. The van der Waals surface area contributed by atoms with Crippen molar-refractivity contribution in [2.24, 2.45) is 5.73 Å². The van der Waals surface area contributed by atoms with Gasteiger partial charge in [0.2, 0.25) is 0 Å². The topological polar surface area (TPSA) is 53.1 Å². The highest BCUT2D eigenvalue weighted by atomic mass is 79.9. The molecule has 4 rings (SSSR count). The van der Waals surface area contributed by atoms with Crippen molar-refractivity contribution >= 4 is 26.8 Å². The summed E-state index contributed by atoms with van der Waals surface area (Å²) in [6.45, 7) is 4.88. The average molecular weight is 386 g/mol.